The summed E-state index contributed by atoms with van der Waals surface area (Å²) in [6.45, 7) is 6.26. The van der Waals surface area contributed by atoms with Gasteiger partial charge in [0.2, 0.25) is 0 Å². The van der Waals surface area contributed by atoms with Gasteiger partial charge in [0.05, 0.1) is 24.4 Å². The minimum absolute atomic E-state index is 0.00889. The molecule has 4 rings (SSSR count). The van der Waals surface area contributed by atoms with E-state index >= 15 is 0 Å². The first-order valence-electron chi connectivity index (χ1n) is 10.0. The third-order valence-corrected chi connectivity index (χ3v) is 6.95. The molecule has 1 aliphatic heterocycles. The molecule has 4 nitrogen and oxygen atoms in total. The Kier molecular flexibility index (Phi) is 5.40. The van der Waals surface area contributed by atoms with E-state index in [1.807, 2.05) is 29.2 Å². The molecular formula is C24H25N3OS. The molecule has 148 valence electrons. The molecule has 0 bridgehead atoms. The molecule has 0 radical (unpaired) electrons. The lowest BCUT2D eigenvalue weighted by Gasteiger charge is -2.52. The zero-order valence-corrected chi connectivity index (χ0v) is 17.8. The van der Waals surface area contributed by atoms with Gasteiger partial charge in [0.1, 0.15) is 6.04 Å². The van der Waals surface area contributed by atoms with Gasteiger partial charge in [0, 0.05) is 10.8 Å². The van der Waals surface area contributed by atoms with Gasteiger partial charge in [-0.05, 0) is 42.5 Å². The molecule has 0 saturated carbocycles. The molecule has 1 fully saturated rings. The highest BCUT2D eigenvalue weighted by Crippen LogP contribution is 2.47. The number of rotatable bonds is 5. The van der Waals surface area contributed by atoms with Crippen molar-refractivity contribution in [3.8, 4) is 17.2 Å². The van der Waals surface area contributed by atoms with Gasteiger partial charge in [0.25, 0.3) is 0 Å². The maximum atomic E-state index is 10.2. The summed E-state index contributed by atoms with van der Waals surface area (Å²) < 4.78 is 0. The molecule has 0 amide bonds. The van der Waals surface area contributed by atoms with E-state index in [4.69, 9.17) is 4.98 Å². The van der Waals surface area contributed by atoms with Crippen molar-refractivity contribution in [2.75, 3.05) is 11.5 Å². The van der Waals surface area contributed by atoms with Gasteiger partial charge in [-0.25, -0.2) is 4.98 Å². The van der Waals surface area contributed by atoms with E-state index in [9.17, 15) is 10.4 Å². The van der Waals surface area contributed by atoms with E-state index in [0.717, 1.165) is 28.4 Å². The average molecular weight is 404 g/mol. The second kappa shape index (κ2) is 7.98. The molecule has 1 N–H and O–H groups in total. The van der Waals surface area contributed by atoms with Crippen molar-refractivity contribution in [3.05, 3.63) is 70.2 Å². The highest BCUT2D eigenvalue weighted by atomic mass is 32.1. The van der Waals surface area contributed by atoms with Crippen LogP contribution in [0.4, 0.5) is 5.13 Å². The molecule has 5 heteroatoms. The molecule has 3 aromatic rings. The number of aryl methyl sites for hydroxylation is 3. The van der Waals surface area contributed by atoms with Gasteiger partial charge in [-0.1, -0.05) is 55.5 Å². The third kappa shape index (κ3) is 3.23. The quantitative estimate of drug-likeness (QED) is 0.662. The average Bonchev–Trinajstić information content (AvgIpc) is 3.08. The second-order valence-electron chi connectivity index (χ2n) is 7.51. The van der Waals surface area contributed by atoms with Crippen LogP contribution in [-0.2, 0) is 6.42 Å². The first-order chi connectivity index (χ1) is 14.1. The Morgan fingerprint density at radius 1 is 1.10 bits per heavy atom. The molecule has 3 atom stereocenters. The molecule has 1 saturated heterocycles. The summed E-state index contributed by atoms with van der Waals surface area (Å²) in [5.74, 6) is -0.0601. The molecule has 2 heterocycles. The maximum Gasteiger partial charge on any atom is 0.187 e. The molecule has 0 unspecified atom stereocenters. The number of nitrogens with zero attached hydrogens (tertiary/aromatic N) is 3. The van der Waals surface area contributed by atoms with Crippen LogP contribution < -0.4 is 4.90 Å². The van der Waals surface area contributed by atoms with Crippen LogP contribution in [0.15, 0.2) is 48.5 Å². The van der Waals surface area contributed by atoms with E-state index in [1.165, 1.54) is 16.0 Å². The largest absolute Gasteiger partial charge is 0.394 e. The van der Waals surface area contributed by atoms with Crippen molar-refractivity contribution < 1.29 is 5.11 Å². The van der Waals surface area contributed by atoms with Crippen molar-refractivity contribution in [1.82, 2.24) is 4.98 Å². The van der Waals surface area contributed by atoms with Gasteiger partial charge in [-0.3, -0.25) is 0 Å². The van der Waals surface area contributed by atoms with Gasteiger partial charge in [-0.2, -0.15) is 5.26 Å². The Bertz CT molecular complexity index is 1070. The van der Waals surface area contributed by atoms with Gasteiger partial charge in [0.15, 0.2) is 5.13 Å². The summed E-state index contributed by atoms with van der Waals surface area (Å²) in [5, 5.41) is 21.1. The lowest BCUT2D eigenvalue weighted by atomic mass is 9.73. The Morgan fingerprint density at radius 2 is 1.79 bits per heavy atom. The number of aromatic nitrogens is 1. The Labute approximate surface area is 176 Å². The monoisotopic (exact) mass is 403 g/mol. The second-order valence-corrected chi connectivity index (χ2v) is 8.69. The number of nitriles is 1. The lowest BCUT2D eigenvalue weighted by molar-refractivity contribution is 0.188. The third-order valence-electron chi connectivity index (χ3n) is 5.92. The number of thiazole rings is 1. The molecule has 1 aromatic heterocycles. The van der Waals surface area contributed by atoms with Gasteiger partial charge >= 0.3 is 0 Å². The zero-order valence-electron chi connectivity index (χ0n) is 17.0. The number of hydrogen-bond acceptors (Lipinski definition) is 5. The van der Waals surface area contributed by atoms with Gasteiger partial charge in [-0.15, -0.1) is 11.3 Å². The summed E-state index contributed by atoms with van der Waals surface area (Å²) >= 11 is 1.61. The topological polar surface area (TPSA) is 60.2 Å². The lowest BCUT2D eigenvalue weighted by Crippen LogP contribution is -2.63. The highest BCUT2D eigenvalue weighted by Gasteiger charge is 2.51. The molecule has 0 aliphatic carbocycles. The van der Waals surface area contributed by atoms with Crippen LogP contribution >= 0.6 is 11.3 Å². The van der Waals surface area contributed by atoms with Crippen molar-refractivity contribution in [2.45, 2.75) is 45.2 Å². The smallest absolute Gasteiger partial charge is 0.187 e. The normalized spacial score (nSPS) is 20.9. The first kappa shape index (κ1) is 19.6. The minimum atomic E-state index is -0.340. The maximum absolute atomic E-state index is 10.2. The van der Waals surface area contributed by atoms with Crippen molar-refractivity contribution in [1.29, 1.82) is 5.26 Å². The number of benzene rings is 2. The predicted molar refractivity (Wildman–Crippen MR) is 118 cm³/mol. The molecule has 29 heavy (non-hydrogen) atoms. The Morgan fingerprint density at radius 3 is 2.41 bits per heavy atom. The molecule has 2 aromatic carbocycles. The minimum Gasteiger partial charge on any atom is -0.394 e. The zero-order chi connectivity index (χ0) is 20.5. The fraction of sp³-hybridized carbons (Fsp3) is 0.333. The van der Waals surface area contributed by atoms with E-state index in [2.05, 4.69) is 51.1 Å². The Hall–Kier alpha value is -2.68. The van der Waals surface area contributed by atoms with E-state index < -0.39 is 0 Å². The van der Waals surface area contributed by atoms with Crippen LogP contribution in [0.3, 0.4) is 0 Å². The van der Waals surface area contributed by atoms with E-state index in [1.54, 1.807) is 11.3 Å². The van der Waals surface area contributed by atoms with Crippen LogP contribution in [0.2, 0.25) is 0 Å². The number of aliphatic hydroxyl groups is 1. The van der Waals surface area contributed by atoms with E-state index in [0.29, 0.717) is 0 Å². The van der Waals surface area contributed by atoms with E-state index in [-0.39, 0.29) is 24.6 Å². The fourth-order valence-corrected chi connectivity index (χ4v) is 5.49. The molecule has 0 spiro atoms. The number of aliphatic hydroxyl groups excluding tert-OH is 1. The summed E-state index contributed by atoms with van der Waals surface area (Å²) in [7, 11) is 0. The summed E-state index contributed by atoms with van der Waals surface area (Å²) in [6.07, 6.45) is 0.872. The highest BCUT2D eigenvalue weighted by molar-refractivity contribution is 7.15. The first-order valence-corrected chi connectivity index (χ1v) is 10.8. The molecule has 1 aliphatic rings. The van der Waals surface area contributed by atoms with Crippen molar-refractivity contribution >= 4 is 16.5 Å². The number of anilines is 1. The van der Waals surface area contributed by atoms with Crippen LogP contribution in [0.5, 0.6) is 0 Å². The summed E-state index contributed by atoms with van der Waals surface area (Å²) in [6, 6.07) is 18.6. The van der Waals surface area contributed by atoms with Crippen LogP contribution in [0, 0.1) is 25.2 Å². The number of hydrogen-bond donors (Lipinski definition) is 1. The van der Waals surface area contributed by atoms with Crippen LogP contribution in [0.1, 0.15) is 34.5 Å². The molecular weight excluding hydrogens is 378 g/mol. The SMILES string of the molecule is CCc1nc(N2[C@H](C#N)[C@@H](c3ccccc3-c3ccccc3C)[C@H]2CO)sc1C. The summed E-state index contributed by atoms with van der Waals surface area (Å²) in [4.78, 5) is 7.94. The van der Waals surface area contributed by atoms with Crippen molar-refractivity contribution in [2.24, 2.45) is 0 Å². The van der Waals surface area contributed by atoms with Crippen LogP contribution in [-0.4, -0.2) is 28.8 Å². The van der Waals surface area contributed by atoms with Crippen LogP contribution in [0.25, 0.3) is 11.1 Å². The van der Waals surface area contributed by atoms with Crippen molar-refractivity contribution in [3.63, 3.8) is 0 Å². The Balaban J connectivity index is 1.77. The fourth-order valence-electron chi connectivity index (χ4n) is 4.40. The predicted octanol–water partition coefficient (Wildman–Crippen LogP) is 4.85. The standard InChI is InChI=1S/C24H25N3OS/c1-4-20-16(3)29-24(26-20)27-21(13-25)23(22(27)14-28)19-12-8-7-11-18(19)17-10-6-5-9-15(17)2/h5-12,21-23,28H,4,14H2,1-3H3/t21-,22-,23-/m1/s1. The summed E-state index contributed by atoms with van der Waals surface area (Å²) in [5.41, 5.74) is 5.70. The van der Waals surface area contributed by atoms with Gasteiger partial charge < -0.3 is 10.0 Å².